The Balaban J connectivity index is 0.00000220. The number of halogens is 1. The summed E-state index contributed by atoms with van der Waals surface area (Å²) < 4.78 is 0. The second-order valence-corrected chi connectivity index (χ2v) is 4.86. The van der Waals surface area contributed by atoms with Gasteiger partial charge in [-0.25, -0.2) is 4.79 Å². The number of carbonyl (C=O) groups excluding carboxylic acids is 2. The Morgan fingerprint density at radius 3 is 2.76 bits per heavy atom. The van der Waals surface area contributed by atoms with Crippen LogP contribution in [0, 0.1) is 0 Å². The minimum Gasteiger partial charge on any atom is -0.338 e. The summed E-state index contributed by atoms with van der Waals surface area (Å²) >= 11 is 0. The molecule has 0 saturated heterocycles. The van der Waals surface area contributed by atoms with Crippen LogP contribution in [-0.2, 0) is 11.2 Å². The van der Waals surface area contributed by atoms with Gasteiger partial charge in [-0.2, -0.15) is 0 Å². The second kappa shape index (κ2) is 7.28. The van der Waals surface area contributed by atoms with Gasteiger partial charge >= 0.3 is 6.03 Å². The molecule has 0 unspecified atom stereocenters. The van der Waals surface area contributed by atoms with Gasteiger partial charge in [0, 0.05) is 18.8 Å². The maximum absolute atomic E-state index is 12.0. The van der Waals surface area contributed by atoms with E-state index < -0.39 is 6.04 Å². The van der Waals surface area contributed by atoms with E-state index in [-0.39, 0.29) is 24.3 Å². The number of anilines is 2. The Morgan fingerprint density at radius 1 is 1.43 bits per heavy atom. The summed E-state index contributed by atoms with van der Waals surface area (Å²) in [5, 5.41) is 5.53. The van der Waals surface area contributed by atoms with Gasteiger partial charge in [-0.05, 0) is 38.0 Å². The number of carbonyl (C=O) groups is 2. The van der Waals surface area contributed by atoms with E-state index >= 15 is 0 Å². The number of benzene rings is 1. The molecule has 0 aliphatic carbocycles. The van der Waals surface area contributed by atoms with E-state index in [1.807, 2.05) is 25.1 Å². The Morgan fingerprint density at radius 2 is 2.14 bits per heavy atom. The lowest BCUT2D eigenvalue weighted by atomic mass is 10.1. The van der Waals surface area contributed by atoms with Crippen LogP contribution in [0.25, 0.3) is 0 Å². The topological polar surface area (TPSA) is 87.5 Å². The summed E-state index contributed by atoms with van der Waals surface area (Å²) in [5.74, 6) is -0.243. The second-order valence-electron chi connectivity index (χ2n) is 4.86. The maximum atomic E-state index is 12.0. The zero-order chi connectivity index (χ0) is 14.7. The van der Waals surface area contributed by atoms with Crippen LogP contribution >= 0.6 is 12.4 Å². The average molecular weight is 313 g/mol. The highest BCUT2D eigenvalue weighted by Gasteiger charge is 2.24. The Labute approximate surface area is 130 Å². The molecule has 0 fully saturated rings. The number of urea groups is 1. The fourth-order valence-corrected chi connectivity index (χ4v) is 2.17. The molecule has 0 saturated carbocycles. The molecule has 1 aromatic rings. The normalized spacial score (nSPS) is 14.0. The minimum absolute atomic E-state index is 0. The summed E-state index contributed by atoms with van der Waals surface area (Å²) in [6.07, 6.45) is 0.827. The molecule has 1 aromatic carbocycles. The van der Waals surface area contributed by atoms with Gasteiger partial charge in [0.05, 0.1) is 11.7 Å². The molecule has 4 N–H and O–H groups in total. The van der Waals surface area contributed by atoms with Crippen LogP contribution < -0.4 is 21.3 Å². The Bertz CT molecular complexity index is 534. The number of nitrogens with one attached hydrogen (secondary N) is 2. The van der Waals surface area contributed by atoms with Crippen LogP contribution in [0.2, 0.25) is 0 Å². The monoisotopic (exact) mass is 312 g/mol. The maximum Gasteiger partial charge on any atom is 0.321 e. The average Bonchev–Trinajstić information content (AvgIpc) is 2.82. The van der Waals surface area contributed by atoms with Crippen molar-refractivity contribution in [2.24, 2.45) is 5.73 Å². The van der Waals surface area contributed by atoms with E-state index in [1.54, 1.807) is 11.8 Å². The first-order valence-corrected chi connectivity index (χ1v) is 6.77. The van der Waals surface area contributed by atoms with Gasteiger partial charge in [-0.3, -0.25) is 9.69 Å². The zero-order valence-electron chi connectivity index (χ0n) is 12.2. The number of nitrogens with two attached hydrogens (primary N) is 1. The summed E-state index contributed by atoms with van der Waals surface area (Å²) in [6, 6.07) is 4.91. The van der Waals surface area contributed by atoms with E-state index in [0.29, 0.717) is 18.8 Å². The number of nitrogens with zero attached hydrogens (tertiary/aromatic N) is 1. The number of fused-ring (bicyclic) bond motifs is 1. The lowest BCUT2D eigenvalue weighted by Gasteiger charge is -2.18. The van der Waals surface area contributed by atoms with Crippen LogP contribution in [-0.4, -0.2) is 31.1 Å². The van der Waals surface area contributed by atoms with Gasteiger partial charge in [0.25, 0.3) is 0 Å². The molecule has 3 amide bonds. The molecule has 21 heavy (non-hydrogen) atoms. The first-order chi connectivity index (χ1) is 9.52. The number of rotatable bonds is 3. The highest BCUT2D eigenvalue weighted by molar-refractivity contribution is 5.98. The van der Waals surface area contributed by atoms with Crippen molar-refractivity contribution < 1.29 is 9.59 Å². The first-order valence-electron chi connectivity index (χ1n) is 6.77. The molecule has 1 heterocycles. The van der Waals surface area contributed by atoms with Crippen LogP contribution in [0.4, 0.5) is 16.2 Å². The van der Waals surface area contributed by atoms with Crippen LogP contribution in [0.15, 0.2) is 18.2 Å². The van der Waals surface area contributed by atoms with E-state index in [9.17, 15) is 9.59 Å². The first kappa shape index (κ1) is 17.3. The predicted octanol–water partition coefficient (Wildman–Crippen LogP) is 1.49. The highest BCUT2D eigenvalue weighted by Crippen LogP contribution is 2.30. The van der Waals surface area contributed by atoms with E-state index in [4.69, 9.17) is 5.73 Å². The largest absolute Gasteiger partial charge is 0.338 e. The van der Waals surface area contributed by atoms with Gasteiger partial charge < -0.3 is 16.4 Å². The number of hydrogen-bond acceptors (Lipinski definition) is 3. The van der Waals surface area contributed by atoms with Crippen LogP contribution in [0.1, 0.15) is 19.4 Å². The molecule has 6 nitrogen and oxygen atoms in total. The molecule has 2 rings (SSSR count). The van der Waals surface area contributed by atoms with Crippen molar-refractivity contribution in [3.8, 4) is 0 Å². The molecular weight excluding hydrogens is 292 g/mol. The summed E-state index contributed by atoms with van der Waals surface area (Å²) in [7, 11) is 0. The van der Waals surface area contributed by atoms with Crippen molar-refractivity contribution in [1.29, 1.82) is 0 Å². The SMILES string of the molecule is CCNC(=O)N1CCc2ccc(NC(=O)[C@@H](C)N)cc21.Cl. The lowest BCUT2D eigenvalue weighted by Crippen LogP contribution is -2.38. The third-order valence-corrected chi connectivity index (χ3v) is 3.24. The fourth-order valence-electron chi connectivity index (χ4n) is 2.17. The molecule has 1 aliphatic heterocycles. The zero-order valence-corrected chi connectivity index (χ0v) is 13.0. The van der Waals surface area contributed by atoms with Gasteiger partial charge in [-0.15, -0.1) is 12.4 Å². The summed E-state index contributed by atoms with van der Waals surface area (Å²) in [6.45, 7) is 4.76. The highest BCUT2D eigenvalue weighted by atomic mass is 35.5. The van der Waals surface area contributed by atoms with Gasteiger partial charge in [-0.1, -0.05) is 6.07 Å². The van der Waals surface area contributed by atoms with Gasteiger partial charge in [0.1, 0.15) is 0 Å². The number of amides is 3. The molecule has 0 bridgehead atoms. The van der Waals surface area contributed by atoms with Crippen LogP contribution in [0.5, 0.6) is 0 Å². The van der Waals surface area contributed by atoms with Gasteiger partial charge in [0.15, 0.2) is 0 Å². The molecular formula is C14H21ClN4O2. The molecule has 0 aromatic heterocycles. The molecule has 7 heteroatoms. The van der Waals surface area contributed by atoms with Crippen LogP contribution in [0.3, 0.4) is 0 Å². The fraction of sp³-hybridized carbons (Fsp3) is 0.429. The van der Waals surface area contributed by atoms with Crippen molar-refractivity contribution in [1.82, 2.24) is 5.32 Å². The van der Waals surface area contributed by atoms with Crippen molar-refractivity contribution in [2.45, 2.75) is 26.3 Å². The standard InChI is InChI=1S/C14H20N4O2.ClH/c1-3-16-14(20)18-7-6-10-4-5-11(8-12(10)18)17-13(19)9(2)15;/h4-5,8-9H,3,6-7,15H2,1-2H3,(H,16,20)(H,17,19);1H/t9-;/m1./s1. The van der Waals surface area contributed by atoms with Crippen molar-refractivity contribution in [3.63, 3.8) is 0 Å². The Hall–Kier alpha value is -1.79. The van der Waals surface area contributed by atoms with Crippen molar-refractivity contribution in [2.75, 3.05) is 23.3 Å². The quantitative estimate of drug-likeness (QED) is 0.790. The van der Waals surface area contributed by atoms with E-state index in [2.05, 4.69) is 10.6 Å². The van der Waals surface area contributed by atoms with E-state index in [0.717, 1.165) is 17.7 Å². The molecule has 116 valence electrons. The molecule has 1 aliphatic rings. The van der Waals surface area contributed by atoms with Crippen molar-refractivity contribution >= 4 is 35.7 Å². The molecule has 0 radical (unpaired) electrons. The lowest BCUT2D eigenvalue weighted by molar-refractivity contribution is -0.117. The Kier molecular flexibility index (Phi) is 5.99. The summed E-state index contributed by atoms with van der Waals surface area (Å²) in [4.78, 5) is 25.3. The third kappa shape index (κ3) is 3.86. The van der Waals surface area contributed by atoms with E-state index in [1.165, 1.54) is 0 Å². The molecule has 0 spiro atoms. The smallest absolute Gasteiger partial charge is 0.321 e. The van der Waals surface area contributed by atoms with Crippen molar-refractivity contribution in [3.05, 3.63) is 23.8 Å². The number of hydrogen-bond donors (Lipinski definition) is 3. The predicted molar refractivity (Wildman–Crippen MR) is 86.1 cm³/mol. The van der Waals surface area contributed by atoms with Gasteiger partial charge in [0.2, 0.25) is 5.91 Å². The third-order valence-electron chi connectivity index (χ3n) is 3.24. The minimum atomic E-state index is -0.567. The summed E-state index contributed by atoms with van der Waals surface area (Å²) in [5.41, 5.74) is 8.13. The molecule has 1 atom stereocenters.